The summed E-state index contributed by atoms with van der Waals surface area (Å²) in [6.45, 7) is 4.25. The number of nitrogens with one attached hydrogen (secondary N) is 1. The highest BCUT2D eigenvalue weighted by molar-refractivity contribution is 9.10. The predicted molar refractivity (Wildman–Crippen MR) is 73.9 cm³/mol. The average Bonchev–Trinajstić information content (AvgIpc) is 2.59. The van der Waals surface area contributed by atoms with Crippen LogP contribution in [0.2, 0.25) is 0 Å². The summed E-state index contributed by atoms with van der Waals surface area (Å²) in [6.07, 6.45) is 0. The number of rotatable bonds is 4. The molecule has 0 fully saturated rings. The van der Waals surface area contributed by atoms with Gasteiger partial charge in [0.05, 0.1) is 6.54 Å². The minimum atomic E-state index is -0.145. The van der Waals surface area contributed by atoms with E-state index in [9.17, 15) is 4.79 Å². The molecule has 1 rings (SSSR count). The molecule has 0 aliphatic carbocycles. The largest absolute Gasteiger partial charge is 0.351 e. The van der Waals surface area contributed by atoms with Gasteiger partial charge in [-0.05, 0) is 28.9 Å². The van der Waals surface area contributed by atoms with Crippen molar-refractivity contribution in [2.24, 2.45) is 11.7 Å². The fourth-order valence-corrected chi connectivity index (χ4v) is 2.41. The average molecular weight is 328 g/mol. The Bertz CT molecular complexity index is 343. The first-order valence-corrected chi connectivity index (χ1v) is 6.44. The highest BCUT2D eigenvalue weighted by Gasteiger charge is 2.16. The van der Waals surface area contributed by atoms with Crippen LogP contribution in [-0.2, 0) is 11.3 Å². The fourth-order valence-electron chi connectivity index (χ4n) is 1.02. The molecule has 6 heteroatoms. The van der Waals surface area contributed by atoms with Crippen LogP contribution in [0, 0.1) is 5.92 Å². The molecule has 1 aromatic heterocycles. The Morgan fingerprint density at radius 2 is 2.25 bits per heavy atom. The van der Waals surface area contributed by atoms with Gasteiger partial charge in [-0.3, -0.25) is 4.79 Å². The van der Waals surface area contributed by atoms with E-state index in [-0.39, 0.29) is 30.3 Å². The lowest BCUT2D eigenvalue weighted by molar-refractivity contribution is -0.125. The Labute approximate surface area is 114 Å². The van der Waals surface area contributed by atoms with Crippen LogP contribution in [0.4, 0.5) is 0 Å². The Balaban J connectivity index is 0.00000225. The molecule has 1 amide bonds. The van der Waals surface area contributed by atoms with Crippen LogP contribution in [-0.4, -0.2) is 11.9 Å². The monoisotopic (exact) mass is 326 g/mol. The first-order valence-electron chi connectivity index (χ1n) is 4.77. The Morgan fingerprint density at radius 1 is 1.62 bits per heavy atom. The summed E-state index contributed by atoms with van der Waals surface area (Å²) in [5.74, 6) is -0.136. The number of hydrogen-bond acceptors (Lipinski definition) is 3. The zero-order valence-corrected chi connectivity index (χ0v) is 12.4. The Kier molecular flexibility index (Phi) is 7.22. The summed E-state index contributed by atoms with van der Waals surface area (Å²) in [6, 6.07) is 1.89. The molecule has 1 heterocycles. The number of nitrogens with two attached hydrogens (primary N) is 1. The maximum absolute atomic E-state index is 11.6. The molecule has 0 aliphatic rings. The number of thiophene rings is 1. The van der Waals surface area contributed by atoms with Gasteiger partial charge in [0.2, 0.25) is 5.91 Å². The second-order valence-corrected chi connectivity index (χ2v) is 5.51. The van der Waals surface area contributed by atoms with Gasteiger partial charge < -0.3 is 11.1 Å². The molecular formula is C10H16BrClN2OS. The van der Waals surface area contributed by atoms with Crippen LogP contribution in [0.25, 0.3) is 0 Å². The molecular weight excluding hydrogens is 312 g/mol. The quantitative estimate of drug-likeness (QED) is 0.893. The van der Waals surface area contributed by atoms with Gasteiger partial charge in [0.25, 0.3) is 0 Å². The van der Waals surface area contributed by atoms with Crippen LogP contribution in [0.5, 0.6) is 0 Å². The zero-order chi connectivity index (χ0) is 11.4. The molecule has 0 radical (unpaired) electrons. The number of carbonyl (C=O) groups excluding carboxylic acids is 1. The van der Waals surface area contributed by atoms with Crippen molar-refractivity contribution in [3.63, 3.8) is 0 Å². The molecule has 3 N–H and O–H groups in total. The summed E-state index contributed by atoms with van der Waals surface area (Å²) in [5.41, 5.74) is 5.64. The molecule has 0 spiro atoms. The Hall–Kier alpha value is -0.100. The second-order valence-electron chi connectivity index (χ2n) is 3.60. The van der Waals surface area contributed by atoms with Crippen LogP contribution >= 0.6 is 39.7 Å². The van der Waals surface area contributed by atoms with Gasteiger partial charge in [0, 0.05) is 26.7 Å². The van der Waals surface area contributed by atoms with Crippen LogP contribution in [0.15, 0.2) is 15.9 Å². The lowest BCUT2D eigenvalue weighted by atomic mass is 10.0. The molecule has 0 saturated carbocycles. The third-order valence-corrected chi connectivity index (χ3v) is 3.96. The van der Waals surface area contributed by atoms with Crippen molar-refractivity contribution in [3.8, 4) is 0 Å². The highest BCUT2D eigenvalue weighted by Crippen LogP contribution is 2.19. The van der Waals surface area contributed by atoms with Crippen molar-refractivity contribution in [1.29, 1.82) is 0 Å². The van der Waals surface area contributed by atoms with Gasteiger partial charge in [-0.1, -0.05) is 6.92 Å². The summed E-state index contributed by atoms with van der Waals surface area (Å²) in [4.78, 5) is 12.7. The maximum atomic E-state index is 11.6. The first kappa shape index (κ1) is 15.9. The molecule has 0 aliphatic heterocycles. The lowest BCUT2D eigenvalue weighted by Crippen LogP contribution is -2.38. The van der Waals surface area contributed by atoms with E-state index in [4.69, 9.17) is 5.73 Å². The summed E-state index contributed by atoms with van der Waals surface area (Å²) in [7, 11) is 0. The molecule has 1 aromatic rings. The molecule has 0 saturated heterocycles. The van der Waals surface area contributed by atoms with Gasteiger partial charge in [-0.25, -0.2) is 0 Å². The minimum absolute atomic E-state index is 0. The van der Waals surface area contributed by atoms with Crippen LogP contribution < -0.4 is 11.1 Å². The molecule has 0 bridgehead atoms. The SMILES string of the molecule is CC(N)C(C)C(=O)NCc1cc(Br)cs1.Cl. The third kappa shape index (κ3) is 4.82. The van der Waals surface area contributed by atoms with Crippen LogP contribution in [0.3, 0.4) is 0 Å². The van der Waals surface area contributed by atoms with Gasteiger partial charge in [-0.15, -0.1) is 23.7 Å². The van der Waals surface area contributed by atoms with Crippen molar-refractivity contribution >= 4 is 45.6 Å². The van der Waals surface area contributed by atoms with E-state index in [2.05, 4.69) is 21.2 Å². The zero-order valence-electron chi connectivity index (χ0n) is 9.20. The van der Waals surface area contributed by atoms with Crippen molar-refractivity contribution in [2.45, 2.75) is 26.4 Å². The number of halogens is 2. The molecule has 3 nitrogen and oxygen atoms in total. The summed E-state index contributed by atoms with van der Waals surface area (Å²) >= 11 is 4.99. The van der Waals surface area contributed by atoms with E-state index < -0.39 is 0 Å². The first-order chi connectivity index (χ1) is 7.00. The summed E-state index contributed by atoms with van der Waals surface area (Å²) < 4.78 is 1.05. The van der Waals surface area contributed by atoms with E-state index >= 15 is 0 Å². The fraction of sp³-hybridized carbons (Fsp3) is 0.500. The van der Waals surface area contributed by atoms with E-state index in [1.165, 1.54) is 0 Å². The van der Waals surface area contributed by atoms with Gasteiger partial charge >= 0.3 is 0 Å². The minimum Gasteiger partial charge on any atom is -0.351 e. The molecule has 0 aromatic carbocycles. The van der Waals surface area contributed by atoms with Crippen LogP contribution in [0.1, 0.15) is 18.7 Å². The standard InChI is InChI=1S/C10H15BrN2OS.ClH/c1-6(7(2)12)10(14)13-4-9-3-8(11)5-15-9;/h3,5-7H,4,12H2,1-2H3,(H,13,14);1H. The predicted octanol–water partition coefficient (Wildman–Crippen LogP) is 2.53. The topological polar surface area (TPSA) is 55.1 Å². The van der Waals surface area contributed by atoms with Gasteiger partial charge in [-0.2, -0.15) is 0 Å². The molecule has 2 unspecified atom stereocenters. The van der Waals surface area contributed by atoms with Gasteiger partial charge in [0.15, 0.2) is 0 Å². The normalized spacial score (nSPS) is 13.8. The second kappa shape index (κ2) is 7.27. The number of amides is 1. The van der Waals surface area contributed by atoms with Crippen molar-refractivity contribution < 1.29 is 4.79 Å². The lowest BCUT2D eigenvalue weighted by Gasteiger charge is -2.14. The molecule has 2 atom stereocenters. The van der Waals surface area contributed by atoms with Gasteiger partial charge in [0.1, 0.15) is 0 Å². The third-order valence-electron chi connectivity index (χ3n) is 2.26. The molecule has 92 valence electrons. The van der Waals surface area contributed by atoms with E-state index in [0.29, 0.717) is 6.54 Å². The van der Waals surface area contributed by atoms with E-state index in [0.717, 1.165) is 9.35 Å². The maximum Gasteiger partial charge on any atom is 0.224 e. The highest BCUT2D eigenvalue weighted by atomic mass is 79.9. The molecule has 16 heavy (non-hydrogen) atoms. The number of hydrogen-bond donors (Lipinski definition) is 2. The Morgan fingerprint density at radius 3 is 2.69 bits per heavy atom. The van der Waals surface area contributed by atoms with E-state index in [1.54, 1.807) is 11.3 Å². The van der Waals surface area contributed by atoms with E-state index in [1.807, 2.05) is 25.3 Å². The van der Waals surface area contributed by atoms with Crippen molar-refractivity contribution in [1.82, 2.24) is 5.32 Å². The van der Waals surface area contributed by atoms with Crippen molar-refractivity contribution in [2.75, 3.05) is 0 Å². The van der Waals surface area contributed by atoms with Crippen molar-refractivity contribution in [3.05, 3.63) is 20.8 Å². The smallest absolute Gasteiger partial charge is 0.224 e. The summed E-state index contributed by atoms with van der Waals surface area (Å²) in [5, 5.41) is 4.86. The number of carbonyl (C=O) groups is 1.